The summed E-state index contributed by atoms with van der Waals surface area (Å²) in [4.78, 5) is 14.5. The van der Waals surface area contributed by atoms with E-state index in [2.05, 4.69) is 0 Å². The van der Waals surface area contributed by atoms with Gasteiger partial charge in [0.2, 0.25) is 0 Å². The highest BCUT2D eigenvalue weighted by Gasteiger charge is 2.43. The van der Waals surface area contributed by atoms with E-state index in [4.69, 9.17) is 11.6 Å². The fraction of sp³-hybridized carbons (Fsp3) is 0.278. The molecule has 1 amide bonds. The van der Waals surface area contributed by atoms with E-state index in [-0.39, 0.29) is 17.4 Å². The molecule has 1 heterocycles. The largest absolute Gasteiger partial charge is 0.390 e. The van der Waals surface area contributed by atoms with Gasteiger partial charge >= 0.3 is 0 Å². The average Bonchev–Trinajstić information content (AvgIpc) is 2.83. The summed E-state index contributed by atoms with van der Waals surface area (Å²) in [5, 5.41) is 10.8. The lowest BCUT2D eigenvalue weighted by molar-refractivity contribution is 0.0945. The van der Waals surface area contributed by atoms with Gasteiger partial charge in [0.25, 0.3) is 5.91 Å². The van der Waals surface area contributed by atoms with Crippen molar-refractivity contribution in [2.24, 2.45) is 0 Å². The number of carbonyl (C=O) groups is 1. The average molecular weight is 380 g/mol. The zero-order valence-corrected chi connectivity index (χ0v) is 15.2. The molecule has 1 aliphatic rings. The van der Waals surface area contributed by atoms with Gasteiger partial charge in [-0.1, -0.05) is 29.8 Å². The standard InChI is InChI=1S/C18H18ClNO4S/c1-12-4-2-3-5-15(12)20(16-10-25(23,24)11-17(16)21)18(22)13-6-8-14(19)9-7-13/h2-9,16-17,21H,10-11H2,1H3. The second kappa shape index (κ2) is 6.78. The van der Waals surface area contributed by atoms with Crippen molar-refractivity contribution in [3.63, 3.8) is 0 Å². The van der Waals surface area contributed by atoms with Gasteiger partial charge in [-0.25, -0.2) is 8.42 Å². The number of nitrogens with zero attached hydrogens (tertiary/aromatic N) is 1. The summed E-state index contributed by atoms with van der Waals surface area (Å²) in [5.74, 6) is -0.970. The minimum Gasteiger partial charge on any atom is -0.390 e. The van der Waals surface area contributed by atoms with Crippen LogP contribution in [0.3, 0.4) is 0 Å². The van der Waals surface area contributed by atoms with Crippen LogP contribution in [0, 0.1) is 6.92 Å². The molecule has 0 bridgehead atoms. The highest BCUT2D eigenvalue weighted by atomic mass is 35.5. The van der Waals surface area contributed by atoms with Crippen LogP contribution in [-0.4, -0.2) is 43.1 Å². The van der Waals surface area contributed by atoms with Crippen LogP contribution in [0.15, 0.2) is 48.5 Å². The smallest absolute Gasteiger partial charge is 0.258 e. The SMILES string of the molecule is Cc1ccccc1N(C(=O)c1ccc(Cl)cc1)C1CS(=O)(=O)CC1O. The molecule has 132 valence electrons. The number of aliphatic hydroxyl groups is 1. The van der Waals surface area contributed by atoms with E-state index in [0.29, 0.717) is 16.3 Å². The molecule has 1 aliphatic heterocycles. The van der Waals surface area contributed by atoms with Crippen molar-refractivity contribution in [2.45, 2.75) is 19.1 Å². The summed E-state index contributed by atoms with van der Waals surface area (Å²) in [5.41, 5.74) is 1.79. The third-order valence-corrected chi connectivity index (χ3v) is 6.26. The van der Waals surface area contributed by atoms with Crippen molar-refractivity contribution in [1.82, 2.24) is 0 Å². The van der Waals surface area contributed by atoms with Crippen molar-refractivity contribution >= 4 is 33.0 Å². The fourth-order valence-electron chi connectivity index (χ4n) is 3.06. The molecule has 2 unspecified atom stereocenters. The molecule has 1 saturated heterocycles. The molecule has 5 nitrogen and oxygen atoms in total. The minimum absolute atomic E-state index is 0.262. The molecule has 7 heteroatoms. The van der Waals surface area contributed by atoms with Crippen molar-refractivity contribution in [3.8, 4) is 0 Å². The van der Waals surface area contributed by atoms with Gasteiger partial charge in [0.15, 0.2) is 9.84 Å². The maximum absolute atomic E-state index is 13.1. The molecule has 2 aromatic rings. The summed E-state index contributed by atoms with van der Waals surface area (Å²) in [6.07, 6.45) is -1.12. The minimum atomic E-state index is -3.40. The second-order valence-electron chi connectivity index (χ2n) is 6.18. The van der Waals surface area contributed by atoms with Gasteiger partial charge < -0.3 is 10.0 Å². The maximum Gasteiger partial charge on any atom is 0.258 e. The Hall–Kier alpha value is -1.89. The van der Waals surface area contributed by atoms with E-state index in [1.807, 2.05) is 19.1 Å². The Morgan fingerprint density at radius 2 is 1.76 bits per heavy atom. The normalized spacial score (nSPS) is 21.9. The molecular weight excluding hydrogens is 362 g/mol. The quantitative estimate of drug-likeness (QED) is 0.888. The number of para-hydroxylation sites is 1. The number of sulfone groups is 1. The van der Waals surface area contributed by atoms with Gasteiger partial charge in [-0.2, -0.15) is 0 Å². The molecule has 0 saturated carbocycles. The molecule has 1 fully saturated rings. The van der Waals surface area contributed by atoms with Crippen LogP contribution >= 0.6 is 11.6 Å². The molecular formula is C18H18ClNO4S. The molecule has 0 spiro atoms. The van der Waals surface area contributed by atoms with E-state index in [0.717, 1.165) is 5.56 Å². The Morgan fingerprint density at radius 1 is 1.12 bits per heavy atom. The van der Waals surface area contributed by atoms with Crippen LogP contribution in [0.2, 0.25) is 5.02 Å². The number of hydrogen-bond acceptors (Lipinski definition) is 4. The highest BCUT2D eigenvalue weighted by Crippen LogP contribution is 2.29. The molecule has 2 aromatic carbocycles. The third kappa shape index (κ3) is 3.71. The summed E-state index contributed by atoms with van der Waals surface area (Å²) >= 11 is 5.88. The fourth-order valence-corrected chi connectivity index (χ4v) is 4.96. The van der Waals surface area contributed by atoms with Crippen LogP contribution in [0.25, 0.3) is 0 Å². The summed E-state index contributed by atoms with van der Waals surface area (Å²) in [7, 11) is -3.40. The second-order valence-corrected chi connectivity index (χ2v) is 8.77. The number of rotatable bonds is 3. The Bertz CT molecular complexity index is 896. The van der Waals surface area contributed by atoms with Crippen LogP contribution in [0.4, 0.5) is 5.69 Å². The molecule has 3 rings (SSSR count). The summed E-state index contributed by atoms with van der Waals surface area (Å²) < 4.78 is 23.9. The van der Waals surface area contributed by atoms with Crippen LogP contribution in [0.1, 0.15) is 15.9 Å². The number of aryl methyl sites for hydroxylation is 1. The van der Waals surface area contributed by atoms with Crippen LogP contribution < -0.4 is 4.90 Å². The number of aliphatic hydroxyl groups excluding tert-OH is 1. The lowest BCUT2D eigenvalue weighted by Gasteiger charge is -2.31. The van der Waals surface area contributed by atoms with Crippen molar-refractivity contribution in [1.29, 1.82) is 0 Å². The van der Waals surface area contributed by atoms with Gasteiger partial charge in [-0.05, 0) is 42.8 Å². The first-order valence-corrected chi connectivity index (χ1v) is 10.0. The number of benzene rings is 2. The highest BCUT2D eigenvalue weighted by molar-refractivity contribution is 7.91. The van der Waals surface area contributed by atoms with Gasteiger partial charge in [0.05, 0.1) is 23.7 Å². The third-order valence-electron chi connectivity index (χ3n) is 4.31. The first kappa shape index (κ1) is 17.9. The van der Waals surface area contributed by atoms with Crippen molar-refractivity contribution in [3.05, 3.63) is 64.7 Å². The predicted octanol–water partition coefficient (Wildman–Crippen LogP) is 2.45. The van der Waals surface area contributed by atoms with Gasteiger partial charge in [0, 0.05) is 16.3 Å². The van der Waals surface area contributed by atoms with Gasteiger partial charge in [-0.3, -0.25) is 4.79 Å². The summed E-state index contributed by atoms with van der Waals surface area (Å²) in [6, 6.07) is 12.8. The lowest BCUT2D eigenvalue weighted by Crippen LogP contribution is -2.47. The summed E-state index contributed by atoms with van der Waals surface area (Å²) in [6.45, 7) is 1.84. The maximum atomic E-state index is 13.1. The van der Waals surface area contributed by atoms with E-state index < -0.39 is 22.0 Å². The topological polar surface area (TPSA) is 74.7 Å². The Labute approximate surface area is 151 Å². The Morgan fingerprint density at radius 3 is 2.32 bits per heavy atom. The van der Waals surface area contributed by atoms with E-state index in [1.54, 1.807) is 36.4 Å². The molecule has 0 aromatic heterocycles. The van der Waals surface area contributed by atoms with Crippen LogP contribution in [-0.2, 0) is 9.84 Å². The van der Waals surface area contributed by atoms with E-state index >= 15 is 0 Å². The van der Waals surface area contributed by atoms with E-state index in [1.165, 1.54) is 4.90 Å². The predicted molar refractivity (Wildman–Crippen MR) is 97.9 cm³/mol. The lowest BCUT2D eigenvalue weighted by atomic mass is 10.1. The van der Waals surface area contributed by atoms with Gasteiger partial charge in [0.1, 0.15) is 0 Å². The molecule has 1 N–H and O–H groups in total. The monoisotopic (exact) mass is 379 g/mol. The van der Waals surface area contributed by atoms with Crippen molar-refractivity contribution < 1.29 is 18.3 Å². The zero-order chi connectivity index (χ0) is 18.2. The Balaban J connectivity index is 2.08. The first-order chi connectivity index (χ1) is 11.8. The first-order valence-electron chi connectivity index (χ1n) is 7.82. The number of hydrogen-bond donors (Lipinski definition) is 1. The number of halogens is 1. The zero-order valence-electron chi connectivity index (χ0n) is 13.6. The van der Waals surface area contributed by atoms with Gasteiger partial charge in [-0.15, -0.1) is 0 Å². The Kier molecular flexibility index (Phi) is 4.86. The van der Waals surface area contributed by atoms with Crippen molar-refractivity contribution in [2.75, 3.05) is 16.4 Å². The molecule has 0 aliphatic carbocycles. The molecule has 0 radical (unpaired) electrons. The number of anilines is 1. The molecule has 2 atom stereocenters. The molecule has 25 heavy (non-hydrogen) atoms. The number of amides is 1. The number of carbonyl (C=O) groups excluding carboxylic acids is 1. The van der Waals surface area contributed by atoms with Crippen LogP contribution in [0.5, 0.6) is 0 Å². The van der Waals surface area contributed by atoms with E-state index in [9.17, 15) is 18.3 Å².